The average molecular weight is 231 g/mol. The number of benzene rings is 1. The van der Waals surface area contributed by atoms with Crippen molar-refractivity contribution in [1.29, 1.82) is 0 Å². The molecule has 1 heterocycles. The summed E-state index contributed by atoms with van der Waals surface area (Å²) in [5.74, 6) is 0. The number of fused-ring (bicyclic) bond motifs is 1. The van der Waals surface area contributed by atoms with E-state index in [1.165, 1.54) is 20.5 Å². The van der Waals surface area contributed by atoms with Gasteiger partial charge in [0.15, 0.2) is 0 Å². The molecule has 1 nitrogen and oxygen atoms in total. The Morgan fingerprint density at radius 3 is 2.94 bits per heavy atom. The van der Waals surface area contributed by atoms with E-state index in [-0.39, 0.29) is 0 Å². The molecule has 0 radical (unpaired) electrons. The van der Waals surface area contributed by atoms with E-state index in [1.54, 1.807) is 0 Å². The van der Waals surface area contributed by atoms with Crippen LogP contribution in [0.2, 0.25) is 0 Å². The van der Waals surface area contributed by atoms with E-state index < -0.39 is 0 Å². The van der Waals surface area contributed by atoms with Crippen molar-refractivity contribution in [2.45, 2.75) is 13.8 Å². The van der Waals surface area contributed by atoms with E-state index in [0.29, 0.717) is 0 Å². The molecule has 0 saturated heterocycles. The lowest BCUT2D eigenvalue weighted by Gasteiger charge is -1.97. The summed E-state index contributed by atoms with van der Waals surface area (Å²) in [5, 5.41) is 4.66. The second-order valence-corrected chi connectivity index (χ2v) is 4.93. The minimum absolute atomic E-state index is 0.955. The van der Waals surface area contributed by atoms with Crippen LogP contribution < -0.4 is 5.32 Å². The lowest BCUT2D eigenvalue weighted by atomic mass is 10.2. The fraction of sp³-hybridized carbons (Fsp3) is 0.286. The highest BCUT2D eigenvalue weighted by atomic mass is 32.1. The van der Waals surface area contributed by atoms with Crippen molar-refractivity contribution in [2.75, 3.05) is 13.1 Å². The minimum Gasteiger partial charge on any atom is -0.314 e. The van der Waals surface area contributed by atoms with Gasteiger partial charge >= 0.3 is 0 Å². The van der Waals surface area contributed by atoms with Crippen LogP contribution >= 0.6 is 11.3 Å². The van der Waals surface area contributed by atoms with E-state index in [2.05, 4.69) is 55.6 Å². The van der Waals surface area contributed by atoms with Gasteiger partial charge in [-0.15, -0.1) is 11.3 Å². The van der Waals surface area contributed by atoms with E-state index in [0.717, 1.165) is 13.1 Å². The molecule has 1 aromatic carbocycles. The first-order chi connectivity index (χ1) is 7.81. The van der Waals surface area contributed by atoms with E-state index in [1.807, 2.05) is 11.3 Å². The smallest absolute Gasteiger partial charge is 0.0349 e. The van der Waals surface area contributed by atoms with Crippen molar-refractivity contribution in [3.05, 3.63) is 41.3 Å². The predicted octanol–water partition coefficient (Wildman–Crippen LogP) is 3.91. The number of hydrogen-bond donors (Lipinski definition) is 1. The Balaban J connectivity index is 2.22. The van der Waals surface area contributed by atoms with Crippen molar-refractivity contribution in [1.82, 2.24) is 5.32 Å². The zero-order valence-electron chi connectivity index (χ0n) is 9.79. The summed E-state index contributed by atoms with van der Waals surface area (Å²) in [5.41, 5.74) is 1.36. The third kappa shape index (κ3) is 2.52. The molecule has 0 aliphatic heterocycles. The summed E-state index contributed by atoms with van der Waals surface area (Å²) in [7, 11) is 0. The molecule has 2 rings (SSSR count). The molecule has 2 heteroatoms. The SMILES string of the molecule is CCNC/C=C(\C)c1cc2ccccc2s1. The van der Waals surface area contributed by atoms with Crippen LogP contribution in [0.15, 0.2) is 36.4 Å². The standard InChI is InChI=1S/C14H17NS/c1-3-15-9-8-11(2)14-10-12-6-4-5-7-13(12)16-14/h4-8,10,15H,3,9H2,1-2H3/b11-8+. The van der Waals surface area contributed by atoms with Gasteiger partial charge in [0.25, 0.3) is 0 Å². The Labute approximate surface area is 101 Å². The summed E-state index contributed by atoms with van der Waals surface area (Å²) in [6, 6.07) is 10.8. The quantitative estimate of drug-likeness (QED) is 0.787. The first kappa shape index (κ1) is 11.4. The summed E-state index contributed by atoms with van der Waals surface area (Å²) in [4.78, 5) is 1.37. The highest BCUT2D eigenvalue weighted by Crippen LogP contribution is 2.29. The number of nitrogens with one attached hydrogen (secondary N) is 1. The fourth-order valence-corrected chi connectivity index (χ4v) is 2.70. The van der Waals surface area contributed by atoms with Crippen molar-refractivity contribution in [3.8, 4) is 0 Å². The summed E-state index contributed by atoms with van der Waals surface area (Å²) < 4.78 is 1.37. The van der Waals surface area contributed by atoms with Crippen LogP contribution in [0.3, 0.4) is 0 Å². The van der Waals surface area contributed by atoms with Crippen molar-refractivity contribution in [2.24, 2.45) is 0 Å². The molecule has 0 aliphatic carbocycles. The summed E-state index contributed by atoms with van der Waals surface area (Å²) in [6.07, 6.45) is 2.26. The third-order valence-corrected chi connectivity index (χ3v) is 3.87. The third-order valence-electron chi connectivity index (χ3n) is 2.62. The maximum absolute atomic E-state index is 3.31. The van der Waals surface area contributed by atoms with Gasteiger partial charge in [0, 0.05) is 16.1 Å². The molecule has 0 aliphatic rings. The predicted molar refractivity (Wildman–Crippen MR) is 74.0 cm³/mol. The molecule has 0 unspecified atom stereocenters. The molecule has 0 spiro atoms. The number of thiophene rings is 1. The molecule has 0 bridgehead atoms. The lowest BCUT2D eigenvalue weighted by molar-refractivity contribution is 0.800. The average Bonchev–Trinajstić information content (AvgIpc) is 2.73. The van der Waals surface area contributed by atoms with Crippen LogP contribution in [0.25, 0.3) is 15.7 Å². The molecular formula is C14H17NS. The van der Waals surface area contributed by atoms with Crippen molar-refractivity contribution < 1.29 is 0 Å². The monoisotopic (exact) mass is 231 g/mol. The Morgan fingerprint density at radius 2 is 2.19 bits per heavy atom. The van der Waals surface area contributed by atoms with Crippen LogP contribution in [0, 0.1) is 0 Å². The largest absolute Gasteiger partial charge is 0.314 e. The summed E-state index contributed by atoms with van der Waals surface area (Å²) >= 11 is 1.87. The van der Waals surface area contributed by atoms with Gasteiger partial charge in [-0.3, -0.25) is 0 Å². The molecule has 1 N–H and O–H groups in total. The minimum atomic E-state index is 0.955. The number of rotatable bonds is 4. The molecular weight excluding hydrogens is 214 g/mol. The number of hydrogen-bond acceptors (Lipinski definition) is 2. The second-order valence-electron chi connectivity index (χ2n) is 3.84. The number of likely N-dealkylation sites (N-methyl/N-ethyl adjacent to an activating group) is 1. The first-order valence-electron chi connectivity index (χ1n) is 5.67. The highest BCUT2D eigenvalue weighted by molar-refractivity contribution is 7.20. The second kappa shape index (κ2) is 5.28. The maximum atomic E-state index is 3.31. The Hall–Kier alpha value is -1.12. The van der Waals surface area contributed by atoms with Crippen LogP contribution in [-0.4, -0.2) is 13.1 Å². The zero-order chi connectivity index (χ0) is 11.4. The Morgan fingerprint density at radius 1 is 1.38 bits per heavy atom. The molecule has 0 amide bonds. The fourth-order valence-electron chi connectivity index (χ4n) is 1.65. The Bertz CT molecular complexity index is 463. The first-order valence-corrected chi connectivity index (χ1v) is 6.49. The van der Waals surface area contributed by atoms with Gasteiger partial charge in [0.2, 0.25) is 0 Å². The van der Waals surface area contributed by atoms with Gasteiger partial charge in [0.1, 0.15) is 0 Å². The van der Waals surface area contributed by atoms with Crippen molar-refractivity contribution in [3.63, 3.8) is 0 Å². The van der Waals surface area contributed by atoms with Crippen LogP contribution in [0.1, 0.15) is 18.7 Å². The lowest BCUT2D eigenvalue weighted by Crippen LogP contribution is -2.11. The summed E-state index contributed by atoms with van der Waals surface area (Å²) in [6.45, 7) is 6.29. The van der Waals surface area contributed by atoms with Gasteiger partial charge in [0.05, 0.1) is 0 Å². The topological polar surface area (TPSA) is 12.0 Å². The van der Waals surface area contributed by atoms with Crippen LogP contribution in [0.5, 0.6) is 0 Å². The molecule has 0 fully saturated rings. The number of allylic oxidation sites excluding steroid dienone is 1. The Kier molecular flexibility index (Phi) is 3.75. The van der Waals surface area contributed by atoms with Gasteiger partial charge in [-0.2, -0.15) is 0 Å². The zero-order valence-corrected chi connectivity index (χ0v) is 10.6. The molecule has 1 aromatic heterocycles. The molecule has 16 heavy (non-hydrogen) atoms. The van der Waals surface area contributed by atoms with Gasteiger partial charge in [-0.25, -0.2) is 0 Å². The van der Waals surface area contributed by atoms with Crippen LogP contribution in [0.4, 0.5) is 0 Å². The van der Waals surface area contributed by atoms with Gasteiger partial charge in [-0.1, -0.05) is 31.2 Å². The molecule has 84 valence electrons. The van der Waals surface area contributed by atoms with Crippen molar-refractivity contribution >= 4 is 27.0 Å². The van der Waals surface area contributed by atoms with E-state index in [9.17, 15) is 0 Å². The maximum Gasteiger partial charge on any atom is 0.0349 e. The van der Waals surface area contributed by atoms with Crippen LogP contribution in [-0.2, 0) is 0 Å². The molecule has 0 saturated carbocycles. The van der Waals surface area contributed by atoms with Gasteiger partial charge in [-0.05, 0) is 36.6 Å². The molecule has 0 atom stereocenters. The normalized spacial score (nSPS) is 12.2. The highest BCUT2D eigenvalue weighted by Gasteiger charge is 2.01. The van der Waals surface area contributed by atoms with E-state index >= 15 is 0 Å². The molecule has 2 aromatic rings. The van der Waals surface area contributed by atoms with Gasteiger partial charge < -0.3 is 5.32 Å². The van der Waals surface area contributed by atoms with E-state index in [4.69, 9.17) is 0 Å².